The molecule has 0 aliphatic rings. The van der Waals surface area contributed by atoms with E-state index in [1.165, 1.54) is 12.1 Å². The van der Waals surface area contributed by atoms with Crippen LogP contribution in [0.2, 0.25) is 5.02 Å². The van der Waals surface area contributed by atoms with Crippen molar-refractivity contribution >= 4 is 17.4 Å². The summed E-state index contributed by atoms with van der Waals surface area (Å²) in [7, 11) is 0. The summed E-state index contributed by atoms with van der Waals surface area (Å²) in [6.45, 7) is -0.517. The molecule has 0 atom stereocenters. The number of aromatic nitrogens is 1. The third kappa shape index (κ3) is 3.95. The van der Waals surface area contributed by atoms with Crippen molar-refractivity contribution in [1.82, 2.24) is 4.98 Å². The Morgan fingerprint density at radius 1 is 1.19 bits per heavy atom. The van der Waals surface area contributed by atoms with E-state index in [0.717, 1.165) is 18.5 Å². The van der Waals surface area contributed by atoms with Gasteiger partial charge in [-0.3, -0.25) is 9.78 Å². The molecule has 0 fully saturated rings. The SMILES string of the molecule is O=C(COc1ccc(Cl)cc1)c1cnccc1C(F)(F)F. The second-order valence-electron chi connectivity index (χ2n) is 4.08. The number of alkyl halides is 3. The van der Waals surface area contributed by atoms with Crippen LogP contribution in [0.25, 0.3) is 0 Å². The van der Waals surface area contributed by atoms with Gasteiger partial charge in [0.2, 0.25) is 5.78 Å². The molecule has 1 heterocycles. The molecule has 0 bridgehead atoms. The van der Waals surface area contributed by atoms with Crippen LogP contribution in [0.5, 0.6) is 5.75 Å². The van der Waals surface area contributed by atoms with E-state index < -0.39 is 29.7 Å². The Morgan fingerprint density at radius 2 is 1.86 bits per heavy atom. The summed E-state index contributed by atoms with van der Waals surface area (Å²) in [4.78, 5) is 15.4. The summed E-state index contributed by atoms with van der Waals surface area (Å²) in [5.74, 6) is -0.462. The molecule has 2 aromatic rings. The summed E-state index contributed by atoms with van der Waals surface area (Å²) in [5.41, 5.74) is -1.54. The number of carbonyl (C=O) groups excluding carboxylic acids is 1. The molecule has 0 N–H and O–H groups in total. The van der Waals surface area contributed by atoms with Crippen LogP contribution in [0, 0.1) is 0 Å². The number of ether oxygens (including phenoxy) is 1. The summed E-state index contributed by atoms with van der Waals surface area (Å²) in [6, 6.07) is 6.89. The van der Waals surface area contributed by atoms with Crippen molar-refractivity contribution in [2.45, 2.75) is 6.18 Å². The topological polar surface area (TPSA) is 39.2 Å². The fourth-order valence-electron chi connectivity index (χ4n) is 1.62. The minimum absolute atomic E-state index is 0.338. The van der Waals surface area contributed by atoms with Gasteiger partial charge < -0.3 is 4.74 Å². The van der Waals surface area contributed by atoms with Crippen molar-refractivity contribution in [3.63, 3.8) is 0 Å². The molecule has 0 amide bonds. The molecule has 2 rings (SSSR count). The highest BCUT2D eigenvalue weighted by Crippen LogP contribution is 2.31. The molecule has 1 aromatic carbocycles. The van der Waals surface area contributed by atoms with E-state index in [9.17, 15) is 18.0 Å². The van der Waals surface area contributed by atoms with Crippen LogP contribution in [0.3, 0.4) is 0 Å². The third-order valence-corrected chi connectivity index (χ3v) is 2.86. The number of carbonyl (C=O) groups is 1. The van der Waals surface area contributed by atoms with Crippen LogP contribution in [-0.2, 0) is 6.18 Å². The van der Waals surface area contributed by atoms with E-state index in [0.29, 0.717) is 10.8 Å². The Morgan fingerprint density at radius 3 is 2.48 bits per heavy atom. The molecule has 0 aliphatic carbocycles. The number of hydrogen-bond acceptors (Lipinski definition) is 3. The normalized spacial score (nSPS) is 11.2. The Balaban J connectivity index is 2.12. The lowest BCUT2D eigenvalue weighted by atomic mass is 10.1. The highest BCUT2D eigenvalue weighted by atomic mass is 35.5. The molecule has 1 aromatic heterocycles. The first-order chi connectivity index (χ1) is 9.88. The van der Waals surface area contributed by atoms with Crippen molar-refractivity contribution in [1.29, 1.82) is 0 Å². The maximum absolute atomic E-state index is 12.8. The van der Waals surface area contributed by atoms with Gasteiger partial charge in [-0.2, -0.15) is 13.2 Å². The zero-order valence-electron chi connectivity index (χ0n) is 10.5. The van der Waals surface area contributed by atoms with Gasteiger partial charge in [-0.1, -0.05) is 11.6 Å². The van der Waals surface area contributed by atoms with Crippen molar-refractivity contribution in [3.05, 3.63) is 58.9 Å². The van der Waals surface area contributed by atoms with Gasteiger partial charge in [-0.05, 0) is 30.3 Å². The predicted molar refractivity (Wildman–Crippen MR) is 70.5 cm³/mol. The number of hydrogen-bond donors (Lipinski definition) is 0. The van der Waals surface area contributed by atoms with Crippen LogP contribution >= 0.6 is 11.6 Å². The number of halogens is 4. The molecular weight excluding hydrogens is 307 g/mol. The maximum Gasteiger partial charge on any atom is 0.417 e. The fourth-order valence-corrected chi connectivity index (χ4v) is 1.75. The van der Waals surface area contributed by atoms with Gasteiger partial charge >= 0.3 is 6.18 Å². The molecule has 0 radical (unpaired) electrons. The molecular formula is C14H9ClF3NO2. The maximum atomic E-state index is 12.8. The summed E-state index contributed by atoms with van der Waals surface area (Å²) in [5, 5.41) is 0.486. The number of ketones is 1. The van der Waals surface area contributed by atoms with E-state index in [2.05, 4.69) is 4.98 Å². The molecule has 7 heteroatoms. The quantitative estimate of drug-likeness (QED) is 0.800. The standard InChI is InChI=1S/C14H9ClF3NO2/c15-9-1-3-10(4-2-9)21-8-13(20)11-7-19-6-5-12(11)14(16,17)18/h1-7H,8H2. The van der Waals surface area contributed by atoms with E-state index >= 15 is 0 Å². The molecule has 3 nitrogen and oxygen atoms in total. The largest absolute Gasteiger partial charge is 0.485 e. The van der Waals surface area contributed by atoms with Gasteiger partial charge in [0.1, 0.15) is 5.75 Å². The van der Waals surface area contributed by atoms with Crippen molar-refractivity contribution in [3.8, 4) is 5.75 Å². The summed E-state index contributed by atoms with van der Waals surface area (Å²) < 4.78 is 43.5. The minimum Gasteiger partial charge on any atom is -0.485 e. The highest BCUT2D eigenvalue weighted by Gasteiger charge is 2.35. The van der Waals surface area contributed by atoms with E-state index in [-0.39, 0.29) is 0 Å². The fraction of sp³-hybridized carbons (Fsp3) is 0.143. The Labute approximate surface area is 123 Å². The summed E-state index contributed by atoms with van der Waals surface area (Å²) >= 11 is 5.69. The van der Waals surface area contributed by atoms with E-state index in [4.69, 9.17) is 16.3 Å². The van der Waals surface area contributed by atoms with Gasteiger partial charge in [0.05, 0.1) is 11.1 Å². The zero-order chi connectivity index (χ0) is 15.5. The lowest BCUT2D eigenvalue weighted by molar-refractivity contribution is -0.138. The van der Waals surface area contributed by atoms with Crippen molar-refractivity contribution < 1.29 is 22.7 Å². The van der Waals surface area contributed by atoms with Gasteiger partial charge in [0, 0.05) is 17.4 Å². The molecule has 21 heavy (non-hydrogen) atoms. The van der Waals surface area contributed by atoms with E-state index in [1.54, 1.807) is 12.1 Å². The van der Waals surface area contributed by atoms with Crippen LogP contribution in [0.15, 0.2) is 42.7 Å². The van der Waals surface area contributed by atoms with Crippen LogP contribution in [-0.4, -0.2) is 17.4 Å². The molecule has 0 spiro atoms. The lowest BCUT2D eigenvalue weighted by Crippen LogP contribution is -2.18. The number of Topliss-reactive ketones (excluding diaryl/α,β-unsaturated/α-hetero) is 1. The number of rotatable bonds is 4. The first-order valence-corrected chi connectivity index (χ1v) is 6.18. The molecule has 0 aliphatic heterocycles. The van der Waals surface area contributed by atoms with Crippen molar-refractivity contribution in [2.24, 2.45) is 0 Å². The van der Waals surface area contributed by atoms with Gasteiger partial charge in [-0.25, -0.2) is 0 Å². The Bertz CT molecular complexity index is 641. The highest BCUT2D eigenvalue weighted by molar-refractivity contribution is 6.30. The van der Waals surface area contributed by atoms with Crippen LogP contribution < -0.4 is 4.74 Å². The third-order valence-electron chi connectivity index (χ3n) is 2.61. The van der Waals surface area contributed by atoms with E-state index in [1.807, 2.05) is 0 Å². The second-order valence-corrected chi connectivity index (χ2v) is 4.52. The monoisotopic (exact) mass is 315 g/mol. The van der Waals surface area contributed by atoms with Gasteiger partial charge in [0.15, 0.2) is 6.61 Å². The first-order valence-electron chi connectivity index (χ1n) is 5.80. The molecule has 0 unspecified atom stereocenters. The average Bonchev–Trinajstić information content (AvgIpc) is 2.45. The van der Waals surface area contributed by atoms with Crippen molar-refractivity contribution in [2.75, 3.05) is 6.61 Å². The minimum atomic E-state index is -4.62. The number of benzene rings is 1. The average molecular weight is 316 g/mol. The second kappa shape index (κ2) is 6.13. The Kier molecular flexibility index (Phi) is 4.47. The molecule has 110 valence electrons. The molecule has 0 saturated heterocycles. The smallest absolute Gasteiger partial charge is 0.417 e. The predicted octanol–water partition coefficient (Wildman–Crippen LogP) is 4.02. The van der Waals surface area contributed by atoms with Crippen LogP contribution in [0.4, 0.5) is 13.2 Å². The summed E-state index contributed by atoms with van der Waals surface area (Å²) in [6.07, 6.45) is -2.75. The first kappa shape index (κ1) is 15.3. The lowest BCUT2D eigenvalue weighted by Gasteiger charge is -2.11. The Hall–Kier alpha value is -2.08. The van der Waals surface area contributed by atoms with Gasteiger partial charge in [-0.15, -0.1) is 0 Å². The number of nitrogens with zero attached hydrogens (tertiary/aromatic N) is 1. The molecule has 0 saturated carbocycles. The number of pyridine rings is 1. The van der Waals surface area contributed by atoms with Crippen LogP contribution in [0.1, 0.15) is 15.9 Å². The van der Waals surface area contributed by atoms with Gasteiger partial charge in [0.25, 0.3) is 0 Å². The zero-order valence-corrected chi connectivity index (χ0v) is 11.3.